The Morgan fingerprint density at radius 1 is 0.241 bits per heavy atom. The summed E-state index contributed by atoms with van der Waals surface area (Å²) in [6.45, 7) is 6.27. The van der Waals surface area contributed by atoms with Crippen LogP contribution in [0, 0.1) is 0 Å². The van der Waals surface area contributed by atoms with Crippen LogP contribution in [0.3, 0.4) is 0 Å². The van der Waals surface area contributed by atoms with E-state index in [4.69, 9.17) is 14.2 Å². The molecule has 0 spiro atoms. The maximum absolute atomic E-state index is 12.9. The highest BCUT2D eigenvalue weighted by molar-refractivity contribution is 5.71. The van der Waals surface area contributed by atoms with E-state index in [-0.39, 0.29) is 31.1 Å². The van der Waals surface area contributed by atoms with E-state index in [1.165, 1.54) is 96.3 Å². The van der Waals surface area contributed by atoms with Crippen molar-refractivity contribution < 1.29 is 28.6 Å². The summed E-state index contributed by atoms with van der Waals surface area (Å²) in [5, 5.41) is 0. The van der Waals surface area contributed by atoms with Crippen LogP contribution in [0.25, 0.3) is 0 Å². The molecule has 0 bridgehead atoms. The molecule has 0 aromatic heterocycles. The molecule has 6 nitrogen and oxygen atoms in total. The van der Waals surface area contributed by atoms with E-state index in [1.54, 1.807) is 0 Å². The smallest absolute Gasteiger partial charge is 0.306 e. The van der Waals surface area contributed by atoms with Crippen molar-refractivity contribution >= 4 is 17.9 Å². The molecule has 0 aliphatic heterocycles. The second-order valence-corrected chi connectivity index (χ2v) is 21.9. The van der Waals surface area contributed by atoms with Crippen LogP contribution >= 0.6 is 0 Å². The lowest BCUT2D eigenvalue weighted by Crippen LogP contribution is -2.30. The van der Waals surface area contributed by atoms with E-state index >= 15 is 0 Å². The molecule has 0 saturated heterocycles. The number of rotatable bonds is 60. The fraction of sp³-hybridized carbons (Fsp3) is 0.623. The normalized spacial score (nSPS) is 13.1. The Balaban J connectivity index is 4.31. The summed E-state index contributed by atoms with van der Waals surface area (Å²) in [6.07, 6.45) is 101. The molecule has 0 saturated carbocycles. The fourth-order valence-corrected chi connectivity index (χ4v) is 9.04. The highest BCUT2D eigenvalue weighted by Gasteiger charge is 2.19. The summed E-state index contributed by atoms with van der Waals surface area (Å²) in [5.74, 6) is -0.936. The van der Waals surface area contributed by atoms with Crippen LogP contribution in [0.4, 0.5) is 0 Å². The van der Waals surface area contributed by atoms with Gasteiger partial charge in [0.05, 0.1) is 0 Å². The molecule has 0 fully saturated rings. The van der Waals surface area contributed by atoms with Gasteiger partial charge in [-0.05, 0) is 141 Å². The predicted molar refractivity (Wildman–Crippen MR) is 362 cm³/mol. The SMILES string of the molecule is CC/C=C\C/C=C\C/C=C\C/C=C\C/C=C\C/C=C\CCCCCCCCCCCCCCC(=O)OCC(COC(=O)CCCCC/C=C\C/C=C\C/C=C\CC)OC(=O)CCCCCCCCCC/C=C\C/C=C\C/C=C\C/C=C\CC. The molecular weight excluding hydrogens is 1020 g/mol. The molecular formula is C77H124O6. The Kier molecular flexibility index (Phi) is 65.4. The lowest BCUT2D eigenvalue weighted by Gasteiger charge is -2.18. The lowest BCUT2D eigenvalue weighted by molar-refractivity contribution is -0.167. The third kappa shape index (κ3) is 67.7. The van der Waals surface area contributed by atoms with Crippen LogP contribution in [0.5, 0.6) is 0 Å². The second-order valence-electron chi connectivity index (χ2n) is 21.9. The maximum atomic E-state index is 12.9. The lowest BCUT2D eigenvalue weighted by atomic mass is 10.0. The molecule has 0 rings (SSSR count). The fourth-order valence-electron chi connectivity index (χ4n) is 9.04. The first-order valence-corrected chi connectivity index (χ1v) is 34.0. The minimum Gasteiger partial charge on any atom is -0.462 e. The topological polar surface area (TPSA) is 78.9 Å². The van der Waals surface area contributed by atoms with Crippen LogP contribution in [0.2, 0.25) is 0 Å². The van der Waals surface area contributed by atoms with Crippen molar-refractivity contribution in [3.8, 4) is 0 Å². The van der Waals surface area contributed by atoms with Crippen LogP contribution in [-0.2, 0) is 28.6 Å². The second kappa shape index (κ2) is 69.5. The van der Waals surface area contributed by atoms with Gasteiger partial charge in [-0.2, -0.15) is 0 Å². The summed E-state index contributed by atoms with van der Waals surface area (Å²) in [5.41, 5.74) is 0. The third-order valence-electron chi connectivity index (χ3n) is 14.0. The summed E-state index contributed by atoms with van der Waals surface area (Å²) in [6, 6.07) is 0. The largest absolute Gasteiger partial charge is 0.462 e. The van der Waals surface area contributed by atoms with Gasteiger partial charge >= 0.3 is 17.9 Å². The Morgan fingerprint density at radius 2 is 0.434 bits per heavy atom. The van der Waals surface area contributed by atoms with E-state index in [1.807, 2.05) is 0 Å². The number of ether oxygens (including phenoxy) is 3. The average molecular weight is 1150 g/mol. The standard InChI is InChI=1S/C77H124O6/c1-4-7-10-13-16-19-22-25-27-29-31-33-34-35-36-37-38-39-40-41-42-44-45-47-49-52-55-58-61-64-67-70-76(79)82-73-74(72-81-75(78)69-66-63-60-57-54-51-24-21-18-15-12-9-6-3)83-77(80)71-68-65-62-59-56-53-50-48-46-43-32-30-28-26-23-20-17-14-11-8-5-2/h7-12,16-21,25-28,31-33,35-36,38-39,43,51,54,74H,4-6,13-15,22-24,29-30,34,37,40-42,44-50,52-53,55-73H2,1-3H3/b10-7-,11-8-,12-9-,19-16-,20-17-,21-18-,27-25-,28-26-,33-31-,36-35-,39-38-,43-32-,54-51-. The number of carbonyl (C=O) groups is 3. The number of hydrogen-bond donors (Lipinski definition) is 0. The van der Waals surface area contributed by atoms with E-state index in [0.29, 0.717) is 19.3 Å². The highest BCUT2D eigenvalue weighted by Crippen LogP contribution is 2.16. The maximum Gasteiger partial charge on any atom is 0.306 e. The minimum atomic E-state index is -0.803. The third-order valence-corrected chi connectivity index (χ3v) is 14.0. The van der Waals surface area contributed by atoms with Gasteiger partial charge in [-0.3, -0.25) is 14.4 Å². The average Bonchev–Trinajstić information content (AvgIpc) is 3.49. The first-order valence-electron chi connectivity index (χ1n) is 34.0. The Morgan fingerprint density at radius 3 is 0.687 bits per heavy atom. The summed E-state index contributed by atoms with van der Waals surface area (Å²) < 4.78 is 16.9. The number of unbranched alkanes of at least 4 members (excludes halogenated alkanes) is 23. The quantitative estimate of drug-likeness (QED) is 0.0261. The molecule has 6 heteroatoms. The van der Waals surface area contributed by atoms with Gasteiger partial charge in [-0.15, -0.1) is 0 Å². The van der Waals surface area contributed by atoms with Crippen molar-refractivity contribution in [1.29, 1.82) is 0 Å². The van der Waals surface area contributed by atoms with Gasteiger partial charge in [0, 0.05) is 19.3 Å². The van der Waals surface area contributed by atoms with E-state index < -0.39 is 6.10 Å². The molecule has 0 N–H and O–H groups in total. The van der Waals surface area contributed by atoms with E-state index in [2.05, 4.69) is 179 Å². The van der Waals surface area contributed by atoms with Gasteiger partial charge < -0.3 is 14.2 Å². The molecule has 83 heavy (non-hydrogen) atoms. The van der Waals surface area contributed by atoms with Crippen LogP contribution in [0.1, 0.15) is 290 Å². The number of hydrogen-bond acceptors (Lipinski definition) is 6. The molecule has 468 valence electrons. The first-order chi connectivity index (χ1) is 41.0. The molecule has 0 heterocycles. The molecule has 0 amide bonds. The van der Waals surface area contributed by atoms with Crippen LogP contribution in [0.15, 0.2) is 158 Å². The number of carbonyl (C=O) groups excluding carboxylic acids is 3. The van der Waals surface area contributed by atoms with Gasteiger partial charge in [-0.1, -0.05) is 288 Å². The summed E-state index contributed by atoms with van der Waals surface area (Å²) in [7, 11) is 0. The molecule has 0 aromatic carbocycles. The number of esters is 3. The van der Waals surface area contributed by atoms with Crippen molar-refractivity contribution in [2.75, 3.05) is 13.2 Å². The molecule has 1 unspecified atom stereocenters. The van der Waals surface area contributed by atoms with Crippen molar-refractivity contribution in [2.45, 2.75) is 297 Å². The van der Waals surface area contributed by atoms with Crippen molar-refractivity contribution in [2.24, 2.45) is 0 Å². The molecule has 0 radical (unpaired) electrons. The molecule has 1 atom stereocenters. The van der Waals surface area contributed by atoms with E-state index in [9.17, 15) is 14.4 Å². The molecule has 0 aliphatic rings. The molecule has 0 aromatic rings. The van der Waals surface area contributed by atoms with Crippen molar-refractivity contribution in [1.82, 2.24) is 0 Å². The van der Waals surface area contributed by atoms with Crippen LogP contribution < -0.4 is 0 Å². The van der Waals surface area contributed by atoms with Crippen LogP contribution in [-0.4, -0.2) is 37.2 Å². The van der Waals surface area contributed by atoms with E-state index in [0.717, 1.165) is 154 Å². The summed E-state index contributed by atoms with van der Waals surface area (Å²) >= 11 is 0. The zero-order valence-electron chi connectivity index (χ0n) is 53.7. The van der Waals surface area contributed by atoms with Crippen molar-refractivity contribution in [3.05, 3.63) is 158 Å². The van der Waals surface area contributed by atoms with Gasteiger partial charge in [0.2, 0.25) is 0 Å². The minimum absolute atomic E-state index is 0.0967. The highest BCUT2D eigenvalue weighted by atomic mass is 16.6. The molecule has 0 aliphatic carbocycles. The Bertz CT molecular complexity index is 1840. The monoisotopic (exact) mass is 1140 g/mol. The van der Waals surface area contributed by atoms with Gasteiger partial charge in [-0.25, -0.2) is 0 Å². The zero-order valence-corrected chi connectivity index (χ0v) is 53.7. The van der Waals surface area contributed by atoms with Gasteiger partial charge in [0.1, 0.15) is 13.2 Å². The number of allylic oxidation sites excluding steroid dienone is 26. The Labute approximate surface area is 511 Å². The summed E-state index contributed by atoms with van der Waals surface area (Å²) in [4.78, 5) is 38.4. The van der Waals surface area contributed by atoms with Gasteiger partial charge in [0.15, 0.2) is 6.10 Å². The van der Waals surface area contributed by atoms with Gasteiger partial charge in [0.25, 0.3) is 0 Å². The Hall–Kier alpha value is -4.97. The predicted octanol–water partition coefficient (Wildman–Crippen LogP) is 23.7. The zero-order chi connectivity index (χ0) is 59.9. The first kappa shape index (κ1) is 78.0. The van der Waals surface area contributed by atoms with Crippen molar-refractivity contribution in [3.63, 3.8) is 0 Å².